The Kier molecular flexibility index (Phi) is 2.65. The van der Waals surface area contributed by atoms with Gasteiger partial charge in [0.05, 0.1) is 6.04 Å². The summed E-state index contributed by atoms with van der Waals surface area (Å²) in [7, 11) is 1.65. The Morgan fingerprint density at radius 2 is 2.50 bits per heavy atom. The lowest BCUT2D eigenvalue weighted by molar-refractivity contribution is -0.123. The summed E-state index contributed by atoms with van der Waals surface area (Å²) in [6, 6.07) is -0.0428. The molecular formula is C6H13N3O. The molecule has 0 unspecified atom stereocenters. The Morgan fingerprint density at radius 1 is 1.70 bits per heavy atom. The molecule has 1 aliphatic rings. The standard InChI is InChI=1S/C6H13N3O/c1-7-6(10)5-3-2-4-8-9-5/h5,8-9H,2-4H2,1H3,(H,7,10)/t5-/m0/s1. The van der Waals surface area contributed by atoms with Gasteiger partial charge in [0.1, 0.15) is 0 Å². The molecule has 0 aromatic rings. The molecule has 0 aliphatic carbocycles. The third-order valence-corrected chi connectivity index (χ3v) is 1.63. The van der Waals surface area contributed by atoms with Gasteiger partial charge in [-0.1, -0.05) is 0 Å². The molecule has 0 aromatic heterocycles. The minimum absolute atomic E-state index is 0.0428. The minimum Gasteiger partial charge on any atom is -0.358 e. The molecule has 1 rings (SSSR count). The highest BCUT2D eigenvalue weighted by Crippen LogP contribution is 1.99. The van der Waals surface area contributed by atoms with E-state index in [-0.39, 0.29) is 11.9 Å². The van der Waals surface area contributed by atoms with Crippen molar-refractivity contribution in [2.45, 2.75) is 18.9 Å². The number of hydrogen-bond donors (Lipinski definition) is 3. The number of carbonyl (C=O) groups excluding carboxylic acids is 1. The molecule has 1 fully saturated rings. The van der Waals surface area contributed by atoms with Crippen molar-refractivity contribution in [3.8, 4) is 0 Å². The first-order valence-electron chi connectivity index (χ1n) is 3.54. The lowest BCUT2D eigenvalue weighted by Gasteiger charge is -2.22. The minimum atomic E-state index is -0.0428. The number of hydrazine groups is 1. The molecule has 1 heterocycles. The van der Waals surface area contributed by atoms with Gasteiger partial charge in [-0.3, -0.25) is 10.2 Å². The maximum atomic E-state index is 11.0. The topological polar surface area (TPSA) is 53.2 Å². The van der Waals surface area contributed by atoms with Crippen molar-refractivity contribution >= 4 is 5.91 Å². The monoisotopic (exact) mass is 143 g/mol. The van der Waals surface area contributed by atoms with Crippen LogP contribution in [0.4, 0.5) is 0 Å². The number of amides is 1. The van der Waals surface area contributed by atoms with Crippen LogP contribution in [0, 0.1) is 0 Å². The van der Waals surface area contributed by atoms with E-state index in [2.05, 4.69) is 16.2 Å². The average Bonchev–Trinajstić information content (AvgIpc) is 2.05. The fourth-order valence-electron chi connectivity index (χ4n) is 1.03. The predicted octanol–water partition coefficient (Wildman–Crippen LogP) is -1.01. The maximum Gasteiger partial charge on any atom is 0.238 e. The molecule has 10 heavy (non-hydrogen) atoms. The molecule has 0 radical (unpaired) electrons. The summed E-state index contributed by atoms with van der Waals surface area (Å²) < 4.78 is 0. The van der Waals surface area contributed by atoms with Crippen LogP contribution in [0.3, 0.4) is 0 Å². The van der Waals surface area contributed by atoms with Gasteiger partial charge in [0.15, 0.2) is 0 Å². The van der Waals surface area contributed by atoms with Crippen LogP contribution in [0.1, 0.15) is 12.8 Å². The zero-order valence-corrected chi connectivity index (χ0v) is 6.11. The molecule has 0 saturated carbocycles. The number of hydrogen-bond acceptors (Lipinski definition) is 3. The first-order chi connectivity index (χ1) is 4.84. The number of carbonyl (C=O) groups is 1. The Hall–Kier alpha value is -0.610. The van der Waals surface area contributed by atoms with Crippen LogP contribution in [0.5, 0.6) is 0 Å². The summed E-state index contributed by atoms with van der Waals surface area (Å²) in [4.78, 5) is 11.0. The van der Waals surface area contributed by atoms with E-state index in [0.29, 0.717) is 0 Å². The third-order valence-electron chi connectivity index (χ3n) is 1.63. The van der Waals surface area contributed by atoms with Crippen molar-refractivity contribution in [3.05, 3.63) is 0 Å². The predicted molar refractivity (Wildman–Crippen MR) is 38.2 cm³/mol. The second-order valence-electron chi connectivity index (χ2n) is 2.38. The van der Waals surface area contributed by atoms with Gasteiger partial charge in [0.2, 0.25) is 5.91 Å². The first-order valence-corrected chi connectivity index (χ1v) is 3.54. The maximum absolute atomic E-state index is 11.0. The average molecular weight is 143 g/mol. The van der Waals surface area contributed by atoms with Crippen molar-refractivity contribution in [2.24, 2.45) is 0 Å². The number of likely N-dealkylation sites (N-methyl/N-ethyl adjacent to an activating group) is 1. The molecule has 1 atom stereocenters. The van der Waals surface area contributed by atoms with E-state index in [9.17, 15) is 4.79 Å². The fourth-order valence-corrected chi connectivity index (χ4v) is 1.03. The van der Waals surface area contributed by atoms with Crippen LogP contribution in [-0.2, 0) is 4.79 Å². The molecule has 1 aliphatic heterocycles. The van der Waals surface area contributed by atoms with Crippen molar-refractivity contribution in [2.75, 3.05) is 13.6 Å². The Morgan fingerprint density at radius 3 is 3.00 bits per heavy atom. The van der Waals surface area contributed by atoms with Gasteiger partial charge in [0, 0.05) is 13.6 Å². The van der Waals surface area contributed by atoms with Crippen LogP contribution >= 0.6 is 0 Å². The van der Waals surface area contributed by atoms with E-state index in [1.165, 1.54) is 0 Å². The SMILES string of the molecule is CNC(=O)[C@@H]1CCCNN1. The van der Waals surface area contributed by atoms with Crippen LogP contribution in [0.2, 0.25) is 0 Å². The van der Waals surface area contributed by atoms with E-state index in [1.807, 2.05) is 0 Å². The van der Waals surface area contributed by atoms with Crippen LogP contribution in [0.25, 0.3) is 0 Å². The van der Waals surface area contributed by atoms with Gasteiger partial charge in [-0.15, -0.1) is 0 Å². The number of nitrogens with one attached hydrogen (secondary N) is 3. The molecular weight excluding hydrogens is 130 g/mol. The van der Waals surface area contributed by atoms with Crippen molar-refractivity contribution < 1.29 is 4.79 Å². The quantitative estimate of drug-likeness (QED) is 0.441. The normalized spacial score (nSPS) is 25.9. The molecule has 0 spiro atoms. The lowest BCUT2D eigenvalue weighted by Crippen LogP contribution is -2.52. The summed E-state index contributed by atoms with van der Waals surface area (Å²) in [5.74, 6) is 0.0622. The van der Waals surface area contributed by atoms with Crippen LogP contribution in [-0.4, -0.2) is 25.5 Å². The van der Waals surface area contributed by atoms with Gasteiger partial charge in [-0.05, 0) is 12.8 Å². The Bertz CT molecular complexity index is 120. The second-order valence-corrected chi connectivity index (χ2v) is 2.38. The molecule has 1 amide bonds. The lowest BCUT2D eigenvalue weighted by atomic mass is 10.1. The molecule has 1 saturated heterocycles. The summed E-state index contributed by atoms with van der Waals surface area (Å²) in [6.45, 7) is 0.952. The van der Waals surface area contributed by atoms with Crippen LogP contribution in [0.15, 0.2) is 0 Å². The van der Waals surface area contributed by atoms with E-state index in [1.54, 1.807) is 7.05 Å². The van der Waals surface area contributed by atoms with Crippen molar-refractivity contribution in [3.63, 3.8) is 0 Å². The largest absolute Gasteiger partial charge is 0.358 e. The third kappa shape index (κ3) is 1.68. The molecule has 4 heteroatoms. The highest BCUT2D eigenvalue weighted by atomic mass is 16.2. The highest BCUT2D eigenvalue weighted by Gasteiger charge is 2.18. The second kappa shape index (κ2) is 3.53. The molecule has 58 valence electrons. The van der Waals surface area contributed by atoms with E-state index >= 15 is 0 Å². The van der Waals surface area contributed by atoms with Gasteiger partial charge < -0.3 is 5.32 Å². The van der Waals surface area contributed by atoms with Crippen LogP contribution < -0.4 is 16.2 Å². The van der Waals surface area contributed by atoms with Gasteiger partial charge >= 0.3 is 0 Å². The Balaban J connectivity index is 2.31. The molecule has 0 aromatic carbocycles. The summed E-state index contributed by atoms with van der Waals surface area (Å²) in [6.07, 6.45) is 1.98. The first kappa shape index (κ1) is 7.50. The van der Waals surface area contributed by atoms with E-state index in [0.717, 1.165) is 19.4 Å². The Labute approximate surface area is 60.3 Å². The summed E-state index contributed by atoms with van der Waals surface area (Å²) >= 11 is 0. The van der Waals surface area contributed by atoms with Crippen molar-refractivity contribution in [1.82, 2.24) is 16.2 Å². The number of rotatable bonds is 1. The van der Waals surface area contributed by atoms with E-state index in [4.69, 9.17) is 0 Å². The molecule has 3 N–H and O–H groups in total. The van der Waals surface area contributed by atoms with Gasteiger partial charge in [-0.25, -0.2) is 5.43 Å². The zero-order valence-electron chi connectivity index (χ0n) is 6.11. The fraction of sp³-hybridized carbons (Fsp3) is 0.833. The zero-order chi connectivity index (χ0) is 7.40. The smallest absolute Gasteiger partial charge is 0.238 e. The summed E-state index contributed by atoms with van der Waals surface area (Å²) in [5, 5.41) is 2.59. The van der Waals surface area contributed by atoms with Gasteiger partial charge in [-0.2, -0.15) is 0 Å². The van der Waals surface area contributed by atoms with E-state index < -0.39 is 0 Å². The molecule has 4 nitrogen and oxygen atoms in total. The van der Waals surface area contributed by atoms with Gasteiger partial charge in [0.25, 0.3) is 0 Å². The molecule has 0 bridgehead atoms. The van der Waals surface area contributed by atoms with Crippen molar-refractivity contribution in [1.29, 1.82) is 0 Å². The summed E-state index contributed by atoms with van der Waals surface area (Å²) in [5.41, 5.74) is 5.85. The highest BCUT2D eigenvalue weighted by molar-refractivity contribution is 5.81.